The van der Waals surface area contributed by atoms with E-state index in [9.17, 15) is 4.79 Å². The molecule has 25 heavy (non-hydrogen) atoms. The first-order chi connectivity index (χ1) is 12.1. The van der Waals surface area contributed by atoms with Crippen molar-refractivity contribution in [1.82, 2.24) is 15.0 Å². The van der Waals surface area contributed by atoms with Crippen molar-refractivity contribution in [3.8, 4) is 11.4 Å². The maximum Gasteiger partial charge on any atom is 0.230 e. The molecule has 0 radical (unpaired) electrons. The number of aromatic nitrogens is 2. The van der Waals surface area contributed by atoms with Gasteiger partial charge in [0.05, 0.1) is 0 Å². The Hall–Kier alpha value is -2.86. The van der Waals surface area contributed by atoms with Crippen molar-refractivity contribution >= 4 is 5.91 Å². The topological polar surface area (TPSA) is 108 Å². The fraction of sp³-hybridized carbons (Fsp3) is 0.471. The molecule has 2 heterocycles. The van der Waals surface area contributed by atoms with Gasteiger partial charge in [0.1, 0.15) is 6.54 Å². The third-order valence-corrected chi connectivity index (χ3v) is 4.75. The minimum absolute atomic E-state index is 0.126. The van der Waals surface area contributed by atoms with Crippen LogP contribution in [-0.2, 0) is 4.79 Å². The van der Waals surface area contributed by atoms with Gasteiger partial charge in [0, 0.05) is 29.5 Å². The molecule has 1 fully saturated rings. The molecule has 1 amide bonds. The summed E-state index contributed by atoms with van der Waals surface area (Å²) in [5, 5.41) is 7.46. The number of hydrogen-bond acceptors (Lipinski definition) is 5. The van der Waals surface area contributed by atoms with E-state index in [-0.39, 0.29) is 18.4 Å². The summed E-state index contributed by atoms with van der Waals surface area (Å²) in [6.45, 7) is 5.19. The number of carbonyl (C=O) groups excluding carboxylic acids is 1. The van der Waals surface area contributed by atoms with Crippen LogP contribution >= 0.6 is 0 Å². The van der Waals surface area contributed by atoms with Gasteiger partial charge in [-0.2, -0.15) is 4.98 Å². The van der Waals surface area contributed by atoms with Crippen LogP contribution < -0.4 is 0 Å². The summed E-state index contributed by atoms with van der Waals surface area (Å²) in [5.74, 6) is 1.24. The van der Waals surface area contributed by atoms with Gasteiger partial charge in [-0.3, -0.25) is 4.79 Å². The smallest absolute Gasteiger partial charge is 0.230 e. The maximum atomic E-state index is 11.9. The fourth-order valence-corrected chi connectivity index (χ4v) is 3.07. The Morgan fingerprint density at radius 3 is 2.88 bits per heavy atom. The summed E-state index contributed by atoms with van der Waals surface area (Å²) in [7, 11) is 0. The summed E-state index contributed by atoms with van der Waals surface area (Å²) >= 11 is 0. The molecule has 8 heteroatoms. The molecule has 0 atom stereocenters. The van der Waals surface area contributed by atoms with Crippen LogP contribution in [0.2, 0.25) is 0 Å². The van der Waals surface area contributed by atoms with Gasteiger partial charge in [0.25, 0.3) is 0 Å². The second-order valence-corrected chi connectivity index (χ2v) is 6.25. The summed E-state index contributed by atoms with van der Waals surface area (Å²) in [4.78, 5) is 20.8. The minimum Gasteiger partial charge on any atom is -0.343 e. The molecule has 0 spiro atoms. The molecule has 130 valence electrons. The summed E-state index contributed by atoms with van der Waals surface area (Å²) in [6.07, 6.45) is 1.52. The van der Waals surface area contributed by atoms with Gasteiger partial charge >= 0.3 is 0 Å². The van der Waals surface area contributed by atoms with Gasteiger partial charge in [-0.15, -0.1) is 0 Å². The molecule has 0 aliphatic carbocycles. The minimum atomic E-state index is -0.141. The van der Waals surface area contributed by atoms with Crippen molar-refractivity contribution in [3.63, 3.8) is 0 Å². The summed E-state index contributed by atoms with van der Waals surface area (Å²) in [6, 6.07) is 6.04. The number of likely N-dealkylation sites (tertiary alicyclic amines) is 1. The Balaban J connectivity index is 1.67. The van der Waals surface area contributed by atoms with Crippen LogP contribution in [0.3, 0.4) is 0 Å². The lowest BCUT2D eigenvalue weighted by atomic mass is 9.96. The lowest BCUT2D eigenvalue weighted by molar-refractivity contribution is -0.130. The van der Waals surface area contributed by atoms with Crippen molar-refractivity contribution in [3.05, 3.63) is 45.7 Å². The average molecular weight is 340 g/mol. The van der Waals surface area contributed by atoms with E-state index in [0.29, 0.717) is 24.8 Å². The highest BCUT2D eigenvalue weighted by molar-refractivity contribution is 5.78. The Kier molecular flexibility index (Phi) is 5.00. The van der Waals surface area contributed by atoms with Gasteiger partial charge in [0.15, 0.2) is 0 Å². The molecule has 1 aliphatic rings. The molecule has 1 aliphatic heterocycles. The standard InChI is InChI=1S/C17H20N6O2/c1-11-4-3-5-14(12(11)2)16-20-17(25-21-16)13-6-8-23(9-7-13)15(24)10-19-22-18/h3-5,13H,6-10H2,1-2H3. The van der Waals surface area contributed by atoms with Crippen molar-refractivity contribution in [2.24, 2.45) is 5.11 Å². The molecule has 0 N–H and O–H groups in total. The van der Waals surface area contributed by atoms with Gasteiger partial charge in [-0.05, 0) is 43.3 Å². The summed E-state index contributed by atoms with van der Waals surface area (Å²) < 4.78 is 5.48. The number of carbonyl (C=O) groups is 1. The lowest BCUT2D eigenvalue weighted by Crippen LogP contribution is -2.39. The second kappa shape index (κ2) is 7.36. The van der Waals surface area contributed by atoms with E-state index in [4.69, 9.17) is 10.1 Å². The first-order valence-corrected chi connectivity index (χ1v) is 8.29. The summed E-state index contributed by atoms with van der Waals surface area (Å²) in [5.41, 5.74) is 11.6. The normalized spacial score (nSPS) is 15.0. The van der Waals surface area contributed by atoms with Crippen LogP contribution in [0, 0.1) is 13.8 Å². The van der Waals surface area contributed by atoms with E-state index in [2.05, 4.69) is 40.1 Å². The SMILES string of the molecule is Cc1cccc(-c2noc(C3CCN(C(=O)CN=[N+]=[N-])CC3)n2)c1C. The molecule has 0 unspecified atom stereocenters. The predicted octanol–water partition coefficient (Wildman–Crippen LogP) is 3.37. The van der Waals surface area contributed by atoms with E-state index < -0.39 is 0 Å². The molecule has 0 bridgehead atoms. The second-order valence-electron chi connectivity index (χ2n) is 6.25. The van der Waals surface area contributed by atoms with Crippen LogP contribution in [0.15, 0.2) is 27.8 Å². The van der Waals surface area contributed by atoms with Gasteiger partial charge < -0.3 is 9.42 Å². The predicted molar refractivity (Wildman–Crippen MR) is 91.8 cm³/mol. The number of amides is 1. The monoisotopic (exact) mass is 340 g/mol. The third-order valence-electron chi connectivity index (χ3n) is 4.75. The molecule has 1 aromatic carbocycles. The third kappa shape index (κ3) is 3.64. The molecular formula is C17H20N6O2. The van der Waals surface area contributed by atoms with E-state index in [1.807, 2.05) is 12.1 Å². The molecule has 0 saturated carbocycles. The lowest BCUT2D eigenvalue weighted by Gasteiger charge is -2.30. The highest BCUT2D eigenvalue weighted by atomic mass is 16.5. The van der Waals surface area contributed by atoms with Crippen LogP contribution in [-0.4, -0.2) is 40.6 Å². The van der Waals surface area contributed by atoms with Crippen molar-refractivity contribution in [2.45, 2.75) is 32.6 Å². The number of benzene rings is 1. The van der Waals surface area contributed by atoms with E-state index >= 15 is 0 Å². The number of piperidine rings is 1. The van der Waals surface area contributed by atoms with Crippen LogP contribution in [0.1, 0.15) is 35.8 Å². The first kappa shape index (κ1) is 17.0. The fourth-order valence-electron chi connectivity index (χ4n) is 3.07. The average Bonchev–Trinajstić information content (AvgIpc) is 3.12. The van der Waals surface area contributed by atoms with E-state index in [1.54, 1.807) is 4.90 Å². The molecule has 8 nitrogen and oxygen atoms in total. The highest BCUT2D eigenvalue weighted by Crippen LogP contribution is 2.29. The van der Waals surface area contributed by atoms with E-state index in [0.717, 1.165) is 24.0 Å². The van der Waals surface area contributed by atoms with Crippen LogP contribution in [0.5, 0.6) is 0 Å². The number of hydrogen-bond donors (Lipinski definition) is 0. The Morgan fingerprint density at radius 2 is 2.16 bits per heavy atom. The van der Waals surface area contributed by atoms with E-state index in [1.165, 1.54) is 5.56 Å². The molecular weight excluding hydrogens is 320 g/mol. The molecule has 1 saturated heterocycles. The zero-order valence-electron chi connectivity index (χ0n) is 14.3. The Morgan fingerprint density at radius 1 is 1.40 bits per heavy atom. The maximum absolute atomic E-state index is 11.9. The van der Waals surface area contributed by atoms with Crippen molar-refractivity contribution < 1.29 is 9.32 Å². The highest BCUT2D eigenvalue weighted by Gasteiger charge is 2.27. The Labute approximate surface area is 145 Å². The zero-order valence-corrected chi connectivity index (χ0v) is 14.3. The number of aryl methyl sites for hydroxylation is 1. The largest absolute Gasteiger partial charge is 0.343 e. The quantitative estimate of drug-likeness (QED) is 0.483. The molecule has 1 aromatic heterocycles. The molecule has 3 rings (SSSR count). The zero-order chi connectivity index (χ0) is 17.8. The number of nitrogens with zero attached hydrogens (tertiary/aromatic N) is 6. The number of azide groups is 1. The van der Waals surface area contributed by atoms with Crippen LogP contribution in [0.25, 0.3) is 21.8 Å². The van der Waals surface area contributed by atoms with Gasteiger partial charge in [0.2, 0.25) is 17.6 Å². The molecule has 2 aromatic rings. The van der Waals surface area contributed by atoms with Crippen molar-refractivity contribution in [1.29, 1.82) is 0 Å². The van der Waals surface area contributed by atoms with Gasteiger partial charge in [-0.1, -0.05) is 28.5 Å². The van der Waals surface area contributed by atoms with Crippen molar-refractivity contribution in [2.75, 3.05) is 19.6 Å². The Bertz CT molecular complexity index is 816. The first-order valence-electron chi connectivity index (χ1n) is 8.29. The van der Waals surface area contributed by atoms with Gasteiger partial charge in [-0.25, -0.2) is 0 Å². The number of rotatable bonds is 4. The van der Waals surface area contributed by atoms with Crippen LogP contribution in [0.4, 0.5) is 0 Å².